The molecule has 2 fully saturated rings. The van der Waals surface area contributed by atoms with E-state index in [1.54, 1.807) is 0 Å². The van der Waals surface area contributed by atoms with Gasteiger partial charge in [-0.05, 0) is 82.4 Å². The first kappa shape index (κ1) is 27.6. The summed E-state index contributed by atoms with van der Waals surface area (Å²) in [4.78, 5) is 3.12. The van der Waals surface area contributed by atoms with Gasteiger partial charge in [0, 0.05) is 28.7 Å². The van der Waals surface area contributed by atoms with Crippen molar-refractivity contribution < 1.29 is 8.78 Å². The molecule has 5 heteroatoms. The molecule has 2 aliphatic carbocycles. The standard InChI is InChI=1S/C31H49F2N3/c1-22-27(28-19-25(32)20-29(33)30(28)36-22)16-18-35-26-13-9-6-8-11-23(14-15-26)24-12-7-4-3-5-10-17-31(2,34)21-24/h19-20,23-24,26,35-36H,3-18,21,34H2,1-2H3. The molecular formula is C31H49F2N3. The van der Waals surface area contributed by atoms with Crippen LogP contribution in [0, 0.1) is 30.4 Å². The number of hydrogen-bond acceptors (Lipinski definition) is 2. The first-order valence-electron chi connectivity index (χ1n) is 14.8. The molecular weight excluding hydrogens is 452 g/mol. The number of H-pyrrole nitrogens is 1. The van der Waals surface area contributed by atoms with Crippen molar-refractivity contribution in [1.82, 2.24) is 10.3 Å². The van der Waals surface area contributed by atoms with Crippen LogP contribution in [0.4, 0.5) is 8.78 Å². The molecule has 202 valence electrons. The van der Waals surface area contributed by atoms with Crippen molar-refractivity contribution in [3.63, 3.8) is 0 Å². The van der Waals surface area contributed by atoms with Crippen LogP contribution in [0.1, 0.15) is 114 Å². The average molecular weight is 502 g/mol. The minimum Gasteiger partial charge on any atom is -0.356 e. The first-order chi connectivity index (χ1) is 17.3. The Morgan fingerprint density at radius 3 is 2.44 bits per heavy atom. The maximum absolute atomic E-state index is 14.2. The van der Waals surface area contributed by atoms with Crippen LogP contribution in [0.25, 0.3) is 10.9 Å². The van der Waals surface area contributed by atoms with Crippen molar-refractivity contribution in [2.75, 3.05) is 6.54 Å². The van der Waals surface area contributed by atoms with Gasteiger partial charge in [-0.1, -0.05) is 64.2 Å². The summed E-state index contributed by atoms with van der Waals surface area (Å²) in [6.45, 7) is 5.10. The number of aromatic nitrogens is 1. The molecule has 36 heavy (non-hydrogen) atoms. The monoisotopic (exact) mass is 501 g/mol. The van der Waals surface area contributed by atoms with Crippen LogP contribution >= 0.6 is 0 Å². The van der Waals surface area contributed by atoms with Crippen LogP contribution < -0.4 is 11.1 Å². The highest BCUT2D eigenvalue weighted by atomic mass is 19.1. The van der Waals surface area contributed by atoms with Gasteiger partial charge in [0.25, 0.3) is 0 Å². The summed E-state index contributed by atoms with van der Waals surface area (Å²) in [5.74, 6) is 0.528. The molecule has 2 saturated carbocycles. The van der Waals surface area contributed by atoms with Gasteiger partial charge < -0.3 is 16.0 Å². The molecule has 2 aliphatic rings. The van der Waals surface area contributed by atoms with Crippen LogP contribution in [-0.2, 0) is 6.42 Å². The second-order valence-electron chi connectivity index (χ2n) is 12.3. The zero-order chi connectivity index (χ0) is 25.5. The summed E-state index contributed by atoms with van der Waals surface area (Å²) < 4.78 is 28.1. The van der Waals surface area contributed by atoms with E-state index >= 15 is 0 Å². The fourth-order valence-electron chi connectivity index (χ4n) is 7.15. The number of hydrogen-bond donors (Lipinski definition) is 3. The number of aromatic amines is 1. The van der Waals surface area contributed by atoms with E-state index in [0.29, 0.717) is 16.9 Å². The SMILES string of the molecule is Cc1[nH]c2c(F)cc(F)cc2c1CCNC1CCCCCC(C2CCCCCCCC(C)(N)C2)CC1. The van der Waals surface area contributed by atoms with Crippen molar-refractivity contribution >= 4 is 10.9 Å². The van der Waals surface area contributed by atoms with Crippen LogP contribution in [0.3, 0.4) is 0 Å². The number of nitrogens with two attached hydrogens (primary N) is 1. The molecule has 0 bridgehead atoms. The fraction of sp³-hybridized carbons (Fsp3) is 0.742. The Morgan fingerprint density at radius 1 is 0.917 bits per heavy atom. The molecule has 4 atom stereocenters. The lowest BCUT2D eigenvalue weighted by Crippen LogP contribution is -2.40. The zero-order valence-corrected chi connectivity index (χ0v) is 22.7. The Kier molecular flexibility index (Phi) is 9.85. The minimum atomic E-state index is -0.510. The molecule has 4 rings (SSSR count). The molecule has 4 N–H and O–H groups in total. The van der Waals surface area contributed by atoms with E-state index in [2.05, 4.69) is 17.2 Å². The molecule has 2 aromatic rings. The van der Waals surface area contributed by atoms with Crippen LogP contribution in [0.2, 0.25) is 0 Å². The number of aryl methyl sites for hydroxylation is 1. The number of rotatable bonds is 5. The Hall–Kier alpha value is -1.46. The average Bonchev–Trinajstić information content (AvgIpc) is 3.19. The topological polar surface area (TPSA) is 53.8 Å². The van der Waals surface area contributed by atoms with Gasteiger partial charge in [-0.3, -0.25) is 0 Å². The molecule has 0 saturated heterocycles. The van der Waals surface area contributed by atoms with Gasteiger partial charge in [-0.2, -0.15) is 0 Å². The Balaban J connectivity index is 1.36. The summed E-state index contributed by atoms with van der Waals surface area (Å²) in [6, 6.07) is 2.95. The van der Waals surface area contributed by atoms with Gasteiger partial charge in [0.1, 0.15) is 11.6 Å². The van der Waals surface area contributed by atoms with Gasteiger partial charge in [0.2, 0.25) is 0 Å². The second kappa shape index (κ2) is 12.9. The Labute approximate surface area is 217 Å². The van der Waals surface area contributed by atoms with Gasteiger partial charge in [-0.15, -0.1) is 0 Å². The molecule has 3 nitrogen and oxygen atoms in total. The second-order valence-corrected chi connectivity index (χ2v) is 12.3. The van der Waals surface area contributed by atoms with Gasteiger partial charge in [0.05, 0.1) is 5.52 Å². The Morgan fingerprint density at radius 2 is 1.61 bits per heavy atom. The summed E-state index contributed by atoms with van der Waals surface area (Å²) in [7, 11) is 0. The van der Waals surface area contributed by atoms with Gasteiger partial charge >= 0.3 is 0 Å². The van der Waals surface area contributed by atoms with E-state index < -0.39 is 11.6 Å². The van der Waals surface area contributed by atoms with Gasteiger partial charge in [-0.25, -0.2) is 8.78 Å². The highest BCUT2D eigenvalue weighted by molar-refractivity contribution is 5.85. The van der Waals surface area contributed by atoms with Crippen molar-refractivity contribution in [3.8, 4) is 0 Å². The maximum atomic E-state index is 14.2. The molecule has 1 heterocycles. The van der Waals surface area contributed by atoms with Gasteiger partial charge in [0.15, 0.2) is 0 Å². The van der Waals surface area contributed by atoms with E-state index in [4.69, 9.17) is 5.73 Å². The number of halogens is 2. The third kappa shape index (κ3) is 7.54. The third-order valence-corrected chi connectivity index (χ3v) is 9.18. The predicted octanol–water partition coefficient (Wildman–Crippen LogP) is 8.08. The van der Waals surface area contributed by atoms with Crippen LogP contribution in [0.15, 0.2) is 12.1 Å². The van der Waals surface area contributed by atoms with E-state index in [9.17, 15) is 8.78 Å². The molecule has 4 unspecified atom stereocenters. The van der Waals surface area contributed by atoms with Crippen molar-refractivity contribution in [1.29, 1.82) is 0 Å². The predicted molar refractivity (Wildman–Crippen MR) is 147 cm³/mol. The smallest absolute Gasteiger partial charge is 0.150 e. The number of fused-ring (bicyclic) bond motifs is 1. The van der Waals surface area contributed by atoms with Crippen molar-refractivity contribution in [2.45, 2.75) is 128 Å². The van der Waals surface area contributed by atoms with Crippen LogP contribution in [-0.4, -0.2) is 23.1 Å². The lowest BCUT2D eigenvalue weighted by atomic mass is 9.73. The van der Waals surface area contributed by atoms with E-state index in [0.717, 1.165) is 42.1 Å². The molecule has 1 aromatic heterocycles. The van der Waals surface area contributed by atoms with E-state index in [1.807, 2.05) is 6.92 Å². The van der Waals surface area contributed by atoms with E-state index in [-0.39, 0.29) is 5.54 Å². The highest BCUT2D eigenvalue weighted by Gasteiger charge is 2.30. The quantitative estimate of drug-likeness (QED) is 0.388. The first-order valence-corrected chi connectivity index (χ1v) is 14.8. The molecule has 0 aliphatic heterocycles. The molecule has 0 spiro atoms. The Bertz CT molecular complexity index is 966. The highest BCUT2D eigenvalue weighted by Crippen LogP contribution is 2.37. The molecule has 1 aromatic carbocycles. The fourth-order valence-corrected chi connectivity index (χ4v) is 7.15. The number of nitrogens with one attached hydrogen (secondary N) is 2. The zero-order valence-electron chi connectivity index (χ0n) is 22.7. The minimum absolute atomic E-state index is 0.0196. The molecule has 0 radical (unpaired) electrons. The third-order valence-electron chi connectivity index (χ3n) is 9.18. The summed E-state index contributed by atoms with van der Waals surface area (Å²) in [5, 5.41) is 4.51. The van der Waals surface area contributed by atoms with Crippen LogP contribution in [0.5, 0.6) is 0 Å². The molecule has 0 amide bonds. The number of benzene rings is 1. The largest absolute Gasteiger partial charge is 0.356 e. The summed E-state index contributed by atoms with van der Waals surface area (Å²) >= 11 is 0. The van der Waals surface area contributed by atoms with E-state index in [1.165, 1.54) is 102 Å². The van der Waals surface area contributed by atoms with Crippen molar-refractivity contribution in [2.24, 2.45) is 17.6 Å². The van der Waals surface area contributed by atoms with Crippen molar-refractivity contribution in [3.05, 3.63) is 35.0 Å². The summed E-state index contributed by atoms with van der Waals surface area (Å²) in [6.07, 6.45) is 20.3. The summed E-state index contributed by atoms with van der Waals surface area (Å²) in [5.41, 5.74) is 9.18. The lowest BCUT2D eigenvalue weighted by Gasteiger charge is -2.36. The normalized spacial score (nSPS) is 29.4. The maximum Gasteiger partial charge on any atom is 0.150 e. The lowest BCUT2D eigenvalue weighted by molar-refractivity contribution is 0.191.